The summed E-state index contributed by atoms with van der Waals surface area (Å²) in [5.74, 6) is -0.598. The number of amides is 1. The number of nitrogens with one attached hydrogen (secondary N) is 3. The summed E-state index contributed by atoms with van der Waals surface area (Å²) in [6.45, 7) is 3.05. The summed E-state index contributed by atoms with van der Waals surface area (Å²) in [5.41, 5.74) is -2.00. The standard InChI is InChI=1S/C19H17F3N6O3S2/c1-18(2,27-9-4-3-5-10(6-9)33(23,30)31)16(29)26-17-25-14-12(19(20,21)22)7-13-11(8-24-28-13)15(14)32-17/h3-8,27H,1-2H3,(H,24,28)(H2,23,30,31)(H,25,26,29). The van der Waals surface area contributed by atoms with E-state index >= 15 is 0 Å². The maximum absolute atomic E-state index is 13.6. The quantitative estimate of drug-likeness (QED) is 0.331. The number of sulfonamides is 1. The summed E-state index contributed by atoms with van der Waals surface area (Å²) in [4.78, 5) is 16.8. The van der Waals surface area contributed by atoms with E-state index in [2.05, 4.69) is 25.8 Å². The minimum Gasteiger partial charge on any atom is -0.372 e. The zero-order valence-corrected chi connectivity index (χ0v) is 18.7. The van der Waals surface area contributed by atoms with Crippen LogP contribution >= 0.6 is 11.3 Å². The van der Waals surface area contributed by atoms with Gasteiger partial charge in [-0.25, -0.2) is 18.5 Å². The van der Waals surface area contributed by atoms with E-state index < -0.39 is 33.2 Å². The predicted octanol–water partition coefficient (Wildman–Crippen LogP) is 3.67. The SMILES string of the molecule is CC(C)(Nc1cccc(S(N)(=O)=O)c1)C(=O)Nc1nc2c(C(F)(F)F)cc3[nH]ncc3c2s1. The molecule has 4 aromatic rings. The van der Waals surface area contributed by atoms with Gasteiger partial charge in [0.15, 0.2) is 5.13 Å². The summed E-state index contributed by atoms with van der Waals surface area (Å²) in [6, 6.07) is 6.52. The van der Waals surface area contributed by atoms with Crippen LogP contribution in [0.1, 0.15) is 19.4 Å². The first-order chi connectivity index (χ1) is 15.3. The van der Waals surface area contributed by atoms with E-state index in [-0.39, 0.29) is 25.8 Å². The molecule has 5 N–H and O–H groups in total. The molecule has 2 heterocycles. The maximum atomic E-state index is 13.6. The van der Waals surface area contributed by atoms with Crippen LogP contribution in [-0.2, 0) is 21.0 Å². The third kappa shape index (κ3) is 4.49. The highest BCUT2D eigenvalue weighted by atomic mass is 32.2. The molecule has 2 aromatic carbocycles. The van der Waals surface area contributed by atoms with Gasteiger partial charge in [0, 0.05) is 11.1 Å². The number of halogens is 3. The molecule has 9 nitrogen and oxygen atoms in total. The summed E-state index contributed by atoms with van der Waals surface area (Å²) in [7, 11) is -3.94. The summed E-state index contributed by atoms with van der Waals surface area (Å²) < 4.78 is 64.0. The summed E-state index contributed by atoms with van der Waals surface area (Å²) in [5, 5.41) is 17.3. The number of nitrogens with two attached hydrogens (primary N) is 1. The largest absolute Gasteiger partial charge is 0.418 e. The molecular formula is C19H17F3N6O3S2. The molecule has 0 aliphatic carbocycles. The number of alkyl halides is 3. The Labute approximate surface area is 189 Å². The van der Waals surface area contributed by atoms with Crippen molar-refractivity contribution in [1.82, 2.24) is 15.2 Å². The van der Waals surface area contributed by atoms with Crippen LogP contribution in [0.5, 0.6) is 0 Å². The zero-order valence-electron chi connectivity index (χ0n) is 17.1. The van der Waals surface area contributed by atoms with Crippen LogP contribution in [0.25, 0.3) is 21.1 Å². The van der Waals surface area contributed by atoms with Gasteiger partial charge in [-0.1, -0.05) is 17.4 Å². The van der Waals surface area contributed by atoms with Crippen LogP contribution in [0.2, 0.25) is 0 Å². The van der Waals surface area contributed by atoms with Crippen molar-refractivity contribution in [2.24, 2.45) is 5.14 Å². The third-order valence-corrected chi connectivity index (χ3v) is 6.71. The molecule has 14 heteroatoms. The molecule has 0 atom stereocenters. The lowest BCUT2D eigenvalue weighted by molar-refractivity contribution is -0.136. The number of nitrogens with zero attached hydrogens (tertiary/aromatic N) is 2. The molecule has 0 aliphatic heterocycles. The lowest BCUT2D eigenvalue weighted by atomic mass is 10.0. The van der Waals surface area contributed by atoms with Crippen molar-refractivity contribution in [2.75, 3.05) is 10.6 Å². The maximum Gasteiger partial charge on any atom is 0.418 e. The number of benzene rings is 2. The lowest BCUT2D eigenvalue weighted by Crippen LogP contribution is -2.44. The molecule has 0 saturated heterocycles. The predicted molar refractivity (Wildman–Crippen MR) is 118 cm³/mol. The molecule has 0 fully saturated rings. The zero-order chi connectivity index (χ0) is 24.2. The van der Waals surface area contributed by atoms with E-state index in [1.807, 2.05) is 0 Å². The number of rotatable bonds is 5. The number of fused-ring (bicyclic) bond motifs is 3. The van der Waals surface area contributed by atoms with E-state index in [0.29, 0.717) is 11.1 Å². The Bertz CT molecular complexity index is 1490. The van der Waals surface area contributed by atoms with Crippen molar-refractivity contribution in [3.63, 3.8) is 0 Å². The normalized spacial score (nSPS) is 12.9. The van der Waals surface area contributed by atoms with Gasteiger partial charge in [-0.05, 0) is 38.1 Å². The first-order valence-electron chi connectivity index (χ1n) is 9.32. The number of carbonyl (C=O) groups excluding carboxylic acids is 1. The molecule has 0 unspecified atom stereocenters. The molecule has 2 aromatic heterocycles. The number of hydrogen-bond acceptors (Lipinski definition) is 7. The van der Waals surface area contributed by atoms with E-state index in [1.54, 1.807) is 6.07 Å². The van der Waals surface area contributed by atoms with Gasteiger partial charge in [-0.2, -0.15) is 18.3 Å². The van der Waals surface area contributed by atoms with Crippen LogP contribution in [-0.4, -0.2) is 35.0 Å². The lowest BCUT2D eigenvalue weighted by Gasteiger charge is -2.26. The fourth-order valence-corrected chi connectivity index (χ4v) is 4.73. The van der Waals surface area contributed by atoms with Crippen molar-refractivity contribution in [2.45, 2.75) is 30.5 Å². The number of primary sulfonamides is 1. The summed E-state index contributed by atoms with van der Waals surface area (Å²) in [6.07, 6.45) is -3.26. The van der Waals surface area contributed by atoms with Gasteiger partial charge in [0.2, 0.25) is 10.0 Å². The minimum absolute atomic E-state index is 0.0256. The van der Waals surface area contributed by atoms with Gasteiger partial charge < -0.3 is 5.32 Å². The summed E-state index contributed by atoms with van der Waals surface area (Å²) >= 11 is 0.892. The fraction of sp³-hybridized carbons (Fsp3) is 0.211. The third-order valence-electron chi connectivity index (χ3n) is 4.80. The number of aromatic nitrogens is 3. The topological polar surface area (TPSA) is 143 Å². The highest BCUT2D eigenvalue weighted by molar-refractivity contribution is 7.89. The Kier molecular flexibility index (Phi) is 5.34. The molecule has 33 heavy (non-hydrogen) atoms. The fourth-order valence-electron chi connectivity index (χ4n) is 3.18. The van der Waals surface area contributed by atoms with Crippen LogP contribution in [0, 0.1) is 0 Å². The molecule has 1 amide bonds. The van der Waals surface area contributed by atoms with Crippen LogP contribution in [0.15, 0.2) is 41.4 Å². The van der Waals surface area contributed by atoms with Crippen LogP contribution < -0.4 is 15.8 Å². The molecule has 0 radical (unpaired) electrons. The highest BCUT2D eigenvalue weighted by Gasteiger charge is 2.36. The highest BCUT2D eigenvalue weighted by Crippen LogP contribution is 2.41. The smallest absolute Gasteiger partial charge is 0.372 e. The Balaban J connectivity index is 1.65. The second kappa shape index (κ2) is 7.67. The molecule has 0 bridgehead atoms. The van der Waals surface area contributed by atoms with E-state index in [1.165, 1.54) is 38.2 Å². The number of H-pyrrole nitrogens is 1. The van der Waals surface area contributed by atoms with E-state index in [0.717, 1.165) is 17.4 Å². The van der Waals surface area contributed by atoms with Crippen LogP contribution in [0.4, 0.5) is 24.0 Å². The second-order valence-corrected chi connectivity index (χ2v) is 10.3. The van der Waals surface area contributed by atoms with Crippen molar-refractivity contribution in [1.29, 1.82) is 0 Å². The Hall–Kier alpha value is -3.23. The average molecular weight is 499 g/mol. The number of hydrogen-bond donors (Lipinski definition) is 4. The van der Waals surface area contributed by atoms with Gasteiger partial charge >= 0.3 is 6.18 Å². The number of anilines is 2. The number of aromatic amines is 1. The van der Waals surface area contributed by atoms with Gasteiger partial charge in [0.1, 0.15) is 5.54 Å². The molecule has 0 saturated carbocycles. The monoisotopic (exact) mass is 498 g/mol. The molecule has 0 aliphatic rings. The molecular weight excluding hydrogens is 481 g/mol. The van der Waals surface area contributed by atoms with Gasteiger partial charge in [0.25, 0.3) is 5.91 Å². The Morgan fingerprint density at radius 1 is 1.21 bits per heavy atom. The molecule has 0 spiro atoms. The first kappa shape index (κ1) is 22.9. The van der Waals surface area contributed by atoms with Gasteiger partial charge in [-0.15, -0.1) is 0 Å². The average Bonchev–Trinajstić information content (AvgIpc) is 3.31. The van der Waals surface area contributed by atoms with Crippen molar-refractivity contribution >= 4 is 59.2 Å². The molecule has 4 rings (SSSR count). The number of carbonyl (C=O) groups is 1. The van der Waals surface area contributed by atoms with Crippen molar-refractivity contribution in [3.05, 3.63) is 42.1 Å². The Morgan fingerprint density at radius 3 is 2.61 bits per heavy atom. The van der Waals surface area contributed by atoms with E-state index in [4.69, 9.17) is 5.14 Å². The van der Waals surface area contributed by atoms with Crippen molar-refractivity contribution < 1.29 is 26.4 Å². The number of thiazole rings is 1. The van der Waals surface area contributed by atoms with E-state index in [9.17, 15) is 26.4 Å². The van der Waals surface area contributed by atoms with Gasteiger partial charge in [0.05, 0.1) is 32.4 Å². The van der Waals surface area contributed by atoms with Crippen molar-refractivity contribution in [3.8, 4) is 0 Å². The van der Waals surface area contributed by atoms with Crippen LogP contribution in [0.3, 0.4) is 0 Å². The Morgan fingerprint density at radius 2 is 1.94 bits per heavy atom. The van der Waals surface area contributed by atoms with Gasteiger partial charge in [-0.3, -0.25) is 15.2 Å². The molecule has 174 valence electrons. The first-order valence-corrected chi connectivity index (χ1v) is 11.7. The second-order valence-electron chi connectivity index (χ2n) is 7.73. The minimum atomic E-state index is -4.65.